The zero-order valence-electron chi connectivity index (χ0n) is 8.32. The predicted molar refractivity (Wildman–Crippen MR) is 56.4 cm³/mol. The summed E-state index contributed by atoms with van der Waals surface area (Å²) in [6, 6.07) is 6.39. The predicted octanol–water partition coefficient (Wildman–Crippen LogP) is 1.95. The molecule has 0 radical (unpaired) electrons. The van der Waals surface area contributed by atoms with Crippen molar-refractivity contribution >= 4 is 17.6 Å². The first kappa shape index (κ1) is 11.0. The molecule has 0 aliphatic rings. The van der Waals surface area contributed by atoms with Crippen molar-refractivity contribution in [1.29, 1.82) is 0 Å². The second kappa shape index (κ2) is 4.95. The highest BCUT2D eigenvalue weighted by atomic mass is 16.5. The third-order valence-electron chi connectivity index (χ3n) is 1.63. The molecule has 1 rings (SSSR count). The van der Waals surface area contributed by atoms with Gasteiger partial charge in [0.15, 0.2) is 0 Å². The van der Waals surface area contributed by atoms with E-state index in [9.17, 15) is 9.59 Å². The number of hydrogen-bond acceptors (Lipinski definition) is 3. The van der Waals surface area contributed by atoms with Crippen molar-refractivity contribution < 1.29 is 14.3 Å². The van der Waals surface area contributed by atoms with Crippen LogP contribution in [-0.4, -0.2) is 11.9 Å². The number of rotatable bonds is 3. The summed E-state index contributed by atoms with van der Waals surface area (Å²) in [6.07, 6.45) is 1.07. The molecule has 0 heterocycles. The van der Waals surface area contributed by atoms with Crippen molar-refractivity contribution in [2.45, 2.75) is 6.92 Å². The van der Waals surface area contributed by atoms with E-state index in [0.717, 1.165) is 6.26 Å². The Balaban J connectivity index is 2.75. The van der Waals surface area contributed by atoms with Gasteiger partial charge in [-0.3, -0.25) is 4.79 Å². The van der Waals surface area contributed by atoms with Crippen LogP contribution < -0.4 is 5.32 Å². The van der Waals surface area contributed by atoms with E-state index < -0.39 is 5.97 Å². The summed E-state index contributed by atoms with van der Waals surface area (Å²) in [6.45, 7) is 4.70. The van der Waals surface area contributed by atoms with Gasteiger partial charge in [0.2, 0.25) is 5.91 Å². The Labute approximate surface area is 87.6 Å². The Bertz CT molecular complexity index is 381. The maximum absolute atomic E-state index is 11.2. The molecule has 15 heavy (non-hydrogen) atoms. The van der Waals surface area contributed by atoms with Crippen molar-refractivity contribution in [2.24, 2.45) is 0 Å². The zero-order chi connectivity index (χ0) is 11.3. The van der Waals surface area contributed by atoms with Crippen LogP contribution in [-0.2, 0) is 9.53 Å². The standard InChI is InChI=1S/C11H11NO3/c1-3-15-11(14)9-4-6-10(7-5-9)12-8(2)13/h3-7H,1H2,2H3,(H,12,13). The lowest BCUT2D eigenvalue weighted by atomic mass is 10.2. The van der Waals surface area contributed by atoms with Gasteiger partial charge < -0.3 is 10.1 Å². The third kappa shape index (κ3) is 3.27. The average molecular weight is 205 g/mol. The number of nitrogens with one attached hydrogen (secondary N) is 1. The van der Waals surface area contributed by atoms with E-state index in [1.807, 2.05) is 0 Å². The lowest BCUT2D eigenvalue weighted by Gasteiger charge is -2.02. The Morgan fingerprint density at radius 1 is 1.33 bits per heavy atom. The first-order chi connectivity index (χ1) is 7.13. The summed E-state index contributed by atoms with van der Waals surface area (Å²) in [5, 5.41) is 2.59. The molecule has 0 aliphatic heterocycles. The third-order valence-corrected chi connectivity index (χ3v) is 1.63. The largest absolute Gasteiger partial charge is 0.432 e. The summed E-state index contributed by atoms with van der Waals surface area (Å²) >= 11 is 0. The smallest absolute Gasteiger partial charge is 0.342 e. The van der Waals surface area contributed by atoms with E-state index in [2.05, 4.69) is 16.6 Å². The highest BCUT2D eigenvalue weighted by Crippen LogP contribution is 2.10. The molecule has 0 saturated heterocycles. The van der Waals surface area contributed by atoms with Gasteiger partial charge in [-0.15, -0.1) is 0 Å². The van der Waals surface area contributed by atoms with Crippen LogP contribution in [0.3, 0.4) is 0 Å². The second-order valence-electron chi connectivity index (χ2n) is 2.83. The molecule has 0 fully saturated rings. The minimum Gasteiger partial charge on any atom is -0.432 e. The molecule has 1 aromatic carbocycles. The van der Waals surface area contributed by atoms with Crippen LogP contribution in [0.15, 0.2) is 37.1 Å². The molecule has 0 unspecified atom stereocenters. The lowest BCUT2D eigenvalue weighted by Crippen LogP contribution is -2.06. The fourth-order valence-electron chi connectivity index (χ4n) is 1.04. The molecular formula is C11H11NO3. The minimum atomic E-state index is -0.473. The van der Waals surface area contributed by atoms with E-state index in [0.29, 0.717) is 11.3 Å². The SMILES string of the molecule is C=COC(=O)c1ccc(NC(C)=O)cc1. The molecule has 0 aliphatic carbocycles. The highest BCUT2D eigenvalue weighted by Gasteiger charge is 2.04. The van der Waals surface area contributed by atoms with Crippen molar-refractivity contribution in [3.63, 3.8) is 0 Å². The maximum atomic E-state index is 11.2. The van der Waals surface area contributed by atoms with Crippen molar-refractivity contribution in [2.75, 3.05) is 5.32 Å². The van der Waals surface area contributed by atoms with Crippen LogP contribution >= 0.6 is 0 Å². The lowest BCUT2D eigenvalue weighted by molar-refractivity contribution is -0.114. The van der Waals surface area contributed by atoms with Crippen molar-refractivity contribution in [1.82, 2.24) is 0 Å². The molecule has 0 aromatic heterocycles. The molecule has 4 heteroatoms. The Kier molecular flexibility index (Phi) is 3.62. The summed E-state index contributed by atoms with van der Waals surface area (Å²) in [5.41, 5.74) is 1.04. The first-order valence-corrected chi connectivity index (χ1v) is 4.33. The van der Waals surface area contributed by atoms with Gasteiger partial charge in [0.05, 0.1) is 11.8 Å². The molecule has 1 aromatic rings. The van der Waals surface area contributed by atoms with Crippen LogP contribution in [0.4, 0.5) is 5.69 Å². The van der Waals surface area contributed by atoms with Gasteiger partial charge in [-0.2, -0.15) is 0 Å². The Hall–Kier alpha value is -2.10. The van der Waals surface area contributed by atoms with Crippen molar-refractivity contribution in [3.8, 4) is 0 Å². The summed E-state index contributed by atoms with van der Waals surface area (Å²) in [4.78, 5) is 21.9. The van der Waals surface area contributed by atoms with E-state index >= 15 is 0 Å². The molecule has 4 nitrogen and oxygen atoms in total. The van der Waals surface area contributed by atoms with Gasteiger partial charge in [0.1, 0.15) is 0 Å². The van der Waals surface area contributed by atoms with Gasteiger partial charge in [0, 0.05) is 12.6 Å². The average Bonchev–Trinajstić information content (AvgIpc) is 2.18. The Morgan fingerprint density at radius 3 is 2.40 bits per heavy atom. The van der Waals surface area contributed by atoms with Crippen LogP contribution in [0.2, 0.25) is 0 Å². The number of ether oxygens (including phenoxy) is 1. The van der Waals surface area contributed by atoms with Crippen LogP contribution in [0.5, 0.6) is 0 Å². The van der Waals surface area contributed by atoms with Crippen molar-refractivity contribution in [3.05, 3.63) is 42.7 Å². The number of carbonyl (C=O) groups excluding carboxylic acids is 2. The van der Waals surface area contributed by atoms with Gasteiger partial charge in [-0.25, -0.2) is 4.79 Å². The van der Waals surface area contributed by atoms with Gasteiger partial charge >= 0.3 is 5.97 Å². The summed E-state index contributed by atoms with van der Waals surface area (Å²) in [7, 11) is 0. The molecule has 0 bridgehead atoms. The quantitative estimate of drug-likeness (QED) is 0.606. The van der Waals surface area contributed by atoms with E-state index in [1.54, 1.807) is 24.3 Å². The number of amides is 1. The molecule has 0 saturated carbocycles. The Morgan fingerprint density at radius 2 is 1.93 bits per heavy atom. The fourth-order valence-corrected chi connectivity index (χ4v) is 1.04. The topological polar surface area (TPSA) is 55.4 Å². The van der Waals surface area contributed by atoms with Crippen LogP contribution in [0.1, 0.15) is 17.3 Å². The molecule has 1 amide bonds. The van der Waals surface area contributed by atoms with Crippen LogP contribution in [0.25, 0.3) is 0 Å². The normalized spacial score (nSPS) is 9.13. The monoisotopic (exact) mass is 205 g/mol. The molecule has 78 valence electrons. The van der Waals surface area contributed by atoms with E-state index in [4.69, 9.17) is 0 Å². The highest BCUT2D eigenvalue weighted by molar-refractivity contribution is 5.92. The number of hydrogen-bond donors (Lipinski definition) is 1. The number of benzene rings is 1. The minimum absolute atomic E-state index is 0.156. The molecule has 0 spiro atoms. The summed E-state index contributed by atoms with van der Waals surface area (Å²) in [5.74, 6) is -0.629. The zero-order valence-corrected chi connectivity index (χ0v) is 8.32. The van der Waals surface area contributed by atoms with Gasteiger partial charge in [-0.1, -0.05) is 6.58 Å². The molecule has 0 atom stereocenters. The van der Waals surface area contributed by atoms with Gasteiger partial charge in [-0.05, 0) is 24.3 Å². The fraction of sp³-hybridized carbons (Fsp3) is 0.0909. The molecular weight excluding hydrogens is 194 g/mol. The van der Waals surface area contributed by atoms with E-state index in [1.165, 1.54) is 6.92 Å². The maximum Gasteiger partial charge on any atom is 0.342 e. The first-order valence-electron chi connectivity index (χ1n) is 4.33. The number of carbonyl (C=O) groups is 2. The van der Waals surface area contributed by atoms with Crippen LogP contribution in [0, 0.1) is 0 Å². The number of anilines is 1. The second-order valence-corrected chi connectivity index (χ2v) is 2.83. The number of esters is 1. The van der Waals surface area contributed by atoms with E-state index in [-0.39, 0.29) is 5.91 Å². The summed E-state index contributed by atoms with van der Waals surface area (Å²) < 4.78 is 4.59. The van der Waals surface area contributed by atoms with Gasteiger partial charge in [0.25, 0.3) is 0 Å². The molecule has 1 N–H and O–H groups in total.